The first-order chi connectivity index (χ1) is 9.88. The number of carbonyl (C=O) groups excluding carboxylic acids is 1. The van der Waals surface area contributed by atoms with Crippen molar-refractivity contribution in [2.45, 2.75) is 39.7 Å². The van der Waals surface area contributed by atoms with Crippen LogP contribution in [0.1, 0.15) is 49.2 Å². The molecule has 2 aromatic rings. The highest BCUT2D eigenvalue weighted by Gasteiger charge is 2.13. The van der Waals surface area contributed by atoms with Crippen LogP contribution in [0.2, 0.25) is 0 Å². The molecule has 0 heterocycles. The molecule has 21 heavy (non-hydrogen) atoms. The van der Waals surface area contributed by atoms with E-state index in [-0.39, 0.29) is 11.2 Å². The van der Waals surface area contributed by atoms with E-state index >= 15 is 0 Å². The van der Waals surface area contributed by atoms with Gasteiger partial charge in [-0.2, -0.15) is 0 Å². The van der Waals surface area contributed by atoms with Crippen molar-refractivity contribution in [1.29, 1.82) is 0 Å². The van der Waals surface area contributed by atoms with Crippen molar-refractivity contribution in [3.05, 3.63) is 65.2 Å². The van der Waals surface area contributed by atoms with Gasteiger partial charge < -0.3 is 4.74 Å². The number of carbonyl (C=O) groups is 1. The molecule has 2 rings (SSSR count). The summed E-state index contributed by atoms with van der Waals surface area (Å²) < 4.78 is 5.79. The van der Waals surface area contributed by atoms with Gasteiger partial charge >= 0.3 is 0 Å². The van der Waals surface area contributed by atoms with Crippen LogP contribution in [-0.4, -0.2) is 5.78 Å². The molecule has 0 aliphatic rings. The lowest BCUT2D eigenvalue weighted by Crippen LogP contribution is -2.11. The maximum absolute atomic E-state index is 11.6. The third-order valence-corrected chi connectivity index (χ3v) is 3.48. The van der Waals surface area contributed by atoms with Gasteiger partial charge in [0.1, 0.15) is 12.4 Å². The van der Waals surface area contributed by atoms with Crippen molar-refractivity contribution in [3.8, 4) is 5.75 Å². The fourth-order valence-corrected chi connectivity index (χ4v) is 2.15. The minimum absolute atomic E-state index is 0.0219. The second kappa shape index (κ2) is 6.13. The van der Waals surface area contributed by atoms with Crippen molar-refractivity contribution in [3.63, 3.8) is 0 Å². The average molecular weight is 282 g/mol. The first-order valence-electron chi connectivity index (χ1n) is 7.20. The van der Waals surface area contributed by atoms with E-state index in [9.17, 15) is 4.79 Å². The fraction of sp³-hybridized carbons (Fsp3) is 0.316. The van der Waals surface area contributed by atoms with Crippen LogP contribution in [0, 0.1) is 0 Å². The molecule has 2 aromatic carbocycles. The summed E-state index contributed by atoms with van der Waals surface area (Å²) in [4.78, 5) is 11.6. The summed E-state index contributed by atoms with van der Waals surface area (Å²) in [5.41, 5.74) is 3.18. The van der Waals surface area contributed by atoms with Gasteiger partial charge in [0.2, 0.25) is 0 Å². The SMILES string of the molecule is CC(=O)c1ccccc1OCc1ccc(C(C)(C)C)cc1. The molecular formula is C19H22O2. The Bertz CT molecular complexity index is 619. The van der Waals surface area contributed by atoms with E-state index in [0.29, 0.717) is 17.9 Å². The van der Waals surface area contributed by atoms with Crippen LogP contribution in [0.3, 0.4) is 0 Å². The molecule has 0 fully saturated rings. The third-order valence-electron chi connectivity index (χ3n) is 3.48. The minimum atomic E-state index is 0.0219. The number of Topliss-reactive ketones (excluding diaryl/α,β-unsaturated/α-hetero) is 1. The summed E-state index contributed by atoms with van der Waals surface area (Å²) in [5.74, 6) is 0.665. The number of para-hydroxylation sites is 1. The zero-order valence-electron chi connectivity index (χ0n) is 13.1. The first-order valence-corrected chi connectivity index (χ1v) is 7.20. The predicted octanol–water partition coefficient (Wildman–Crippen LogP) is 4.77. The summed E-state index contributed by atoms with van der Waals surface area (Å²) in [6.45, 7) is 8.61. The first kappa shape index (κ1) is 15.3. The van der Waals surface area contributed by atoms with Crippen LogP contribution in [0.25, 0.3) is 0 Å². The van der Waals surface area contributed by atoms with Gasteiger partial charge in [-0.3, -0.25) is 4.79 Å². The molecule has 2 heteroatoms. The maximum Gasteiger partial charge on any atom is 0.163 e. The number of hydrogen-bond donors (Lipinski definition) is 0. The Labute approximate surface area is 126 Å². The summed E-state index contributed by atoms with van der Waals surface area (Å²) in [7, 11) is 0. The minimum Gasteiger partial charge on any atom is -0.488 e. The number of hydrogen-bond acceptors (Lipinski definition) is 2. The van der Waals surface area contributed by atoms with Gasteiger partial charge in [0.25, 0.3) is 0 Å². The predicted molar refractivity (Wildman–Crippen MR) is 85.9 cm³/mol. The normalized spacial score (nSPS) is 11.2. The Balaban J connectivity index is 2.09. The molecule has 0 radical (unpaired) electrons. The molecular weight excluding hydrogens is 260 g/mol. The molecule has 0 aliphatic heterocycles. The van der Waals surface area contributed by atoms with Gasteiger partial charge in [-0.15, -0.1) is 0 Å². The molecule has 0 unspecified atom stereocenters. The number of ether oxygens (including phenoxy) is 1. The van der Waals surface area contributed by atoms with Gasteiger partial charge in [-0.1, -0.05) is 57.2 Å². The van der Waals surface area contributed by atoms with Gasteiger partial charge in [0.05, 0.1) is 5.56 Å². The molecule has 2 nitrogen and oxygen atoms in total. The Morgan fingerprint density at radius 1 is 1.00 bits per heavy atom. The summed E-state index contributed by atoms with van der Waals surface area (Å²) in [5, 5.41) is 0. The van der Waals surface area contributed by atoms with Crippen LogP contribution in [0.15, 0.2) is 48.5 Å². The number of benzene rings is 2. The molecule has 0 bridgehead atoms. The molecule has 0 spiro atoms. The van der Waals surface area contributed by atoms with Crippen molar-refractivity contribution in [2.24, 2.45) is 0 Å². The summed E-state index contributed by atoms with van der Waals surface area (Å²) in [6, 6.07) is 15.8. The second-order valence-electron chi connectivity index (χ2n) is 6.29. The van der Waals surface area contributed by atoms with Crippen LogP contribution in [0.5, 0.6) is 5.75 Å². The lowest BCUT2D eigenvalue weighted by atomic mass is 9.87. The van der Waals surface area contributed by atoms with E-state index in [0.717, 1.165) is 5.56 Å². The van der Waals surface area contributed by atoms with Gasteiger partial charge in [-0.05, 0) is 35.6 Å². The van der Waals surface area contributed by atoms with Crippen molar-refractivity contribution in [2.75, 3.05) is 0 Å². The van der Waals surface area contributed by atoms with E-state index in [1.807, 2.05) is 18.2 Å². The second-order valence-corrected chi connectivity index (χ2v) is 6.29. The highest BCUT2D eigenvalue weighted by molar-refractivity contribution is 5.96. The van der Waals surface area contributed by atoms with Crippen LogP contribution in [-0.2, 0) is 12.0 Å². The molecule has 0 saturated carbocycles. The lowest BCUT2D eigenvalue weighted by molar-refractivity contribution is 0.101. The highest BCUT2D eigenvalue weighted by atomic mass is 16.5. The zero-order valence-corrected chi connectivity index (χ0v) is 13.1. The largest absolute Gasteiger partial charge is 0.488 e. The summed E-state index contributed by atoms with van der Waals surface area (Å²) in [6.07, 6.45) is 0. The van der Waals surface area contributed by atoms with E-state index in [1.54, 1.807) is 13.0 Å². The number of rotatable bonds is 4. The maximum atomic E-state index is 11.6. The van der Waals surface area contributed by atoms with E-state index in [1.165, 1.54) is 5.56 Å². The Kier molecular flexibility index (Phi) is 4.46. The van der Waals surface area contributed by atoms with E-state index < -0.39 is 0 Å². The standard InChI is InChI=1S/C19H22O2/c1-14(20)17-7-5-6-8-18(17)21-13-15-9-11-16(12-10-15)19(2,3)4/h5-12H,13H2,1-4H3. The van der Waals surface area contributed by atoms with Gasteiger partial charge in [0.15, 0.2) is 5.78 Å². The summed E-state index contributed by atoms with van der Waals surface area (Å²) >= 11 is 0. The molecule has 0 N–H and O–H groups in total. The van der Waals surface area contributed by atoms with Crippen molar-refractivity contribution >= 4 is 5.78 Å². The molecule has 0 amide bonds. The van der Waals surface area contributed by atoms with Crippen molar-refractivity contribution < 1.29 is 9.53 Å². The molecule has 0 aromatic heterocycles. The van der Waals surface area contributed by atoms with Crippen LogP contribution >= 0.6 is 0 Å². The quantitative estimate of drug-likeness (QED) is 0.755. The highest BCUT2D eigenvalue weighted by Crippen LogP contribution is 2.23. The lowest BCUT2D eigenvalue weighted by Gasteiger charge is -2.19. The molecule has 0 saturated heterocycles. The Morgan fingerprint density at radius 2 is 1.62 bits per heavy atom. The van der Waals surface area contributed by atoms with E-state index in [2.05, 4.69) is 45.0 Å². The van der Waals surface area contributed by atoms with Gasteiger partial charge in [-0.25, -0.2) is 0 Å². The third kappa shape index (κ3) is 3.94. The monoisotopic (exact) mass is 282 g/mol. The fourth-order valence-electron chi connectivity index (χ4n) is 2.15. The Morgan fingerprint density at radius 3 is 2.19 bits per heavy atom. The molecule has 110 valence electrons. The molecule has 0 aliphatic carbocycles. The van der Waals surface area contributed by atoms with Crippen LogP contribution < -0.4 is 4.74 Å². The number of ketones is 1. The zero-order chi connectivity index (χ0) is 15.5. The smallest absolute Gasteiger partial charge is 0.163 e. The average Bonchev–Trinajstić information content (AvgIpc) is 2.45. The Hall–Kier alpha value is -2.09. The van der Waals surface area contributed by atoms with E-state index in [4.69, 9.17) is 4.74 Å². The van der Waals surface area contributed by atoms with Crippen molar-refractivity contribution in [1.82, 2.24) is 0 Å². The topological polar surface area (TPSA) is 26.3 Å². The van der Waals surface area contributed by atoms with Crippen LogP contribution in [0.4, 0.5) is 0 Å². The molecule has 0 atom stereocenters. The van der Waals surface area contributed by atoms with Gasteiger partial charge in [0, 0.05) is 0 Å².